The Morgan fingerprint density at radius 3 is 2.00 bits per heavy atom. The van der Waals surface area contributed by atoms with Gasteiger partial charge in [0, 0.05) is 11.4 Å². The molecule has 0 aliphatic rings. The van der Waals surface area contributed by atoms with E-state index in [1.807, 2.05) is 18.2 Å². The van der Waals surface area contributed by atoms with Gasteiger partial charge in [-0.05, 0) is 56.2 Å². The van der Waals surface area contributed by atoms with Gasteiger partial charge in [0.05, 0.1) is 7.11 Å². The van der Waals surface area contributed by atoms with Crippen molar-refractivity contribution in [2.75, 3.05) is 12.4 Å². The van der Waals surface area contributed by atoms with Crippen molar-refractivity contribution >= 4 is 11.4 Å². The second kappa shape index (κ2) is 5.13. The van der Waals surface area contributed by atoms with Crippen LogP contribution in [0, 0.1) is 20.8 Å². The number of benzene rings is 2. The van der Waals surface area contributed by atoms with Gasteiger partial charge in [0.1, 0.15) is 5.75 Å². The first kappa shape index (κ1) is 12.5. The molecule has 94 valence electrons. The highest BCUT2D eigenvalue weighted by atomic mass is 16.5. The van der Waals surface area contributed by atoms with Crippen LogP contribution in [0.2, 0.25) is 0 Å². The summed E-state index contributed by atoms with van der Waals surface area (Å²) in [6.45, 7) is 6.30. The molecular weight excluding hydrogens is 222 g/mol. The molecule has 2 aromatic carbocycles. The van der Waals surface area contributed by atoms with E-state index in [1.165, 1.54) is 16.7 Å². The lowest BCUT2D eigenvalue weighted by molar-refractivity contribution is 0.414. The zero-order valence-corrected chi connectivity index (χ0v) is 11.4. The predicted octanol–water partition coefficient (Wildman–Crippen LogP) is 4.36. The number of hydrogen-bond donors (Lipinski definition) is 1. The Balaban J connectivity index is 2.28. The van der Waals surface area contributed by atoms with Gasteiger partial charge >= 0.3 is 0 Å². The van der Waals surface area contributed by atoms with Crippen LogP contribution in [-0.2, 0) is 0 Å². The van der Waals surface area contributed by atoms with Crippen molar-refractivity contribution in [3.63, 3.8) is 0 Å². The summed E-state index contributed by atoms with van der Waals surface area (Å²) in [5.74, 6) is 0.888. The average Bonchev–Trinajstić information content (AvgIpc) is 2.34. The Labute approximate surface area is 109 Å². The lowest BCUT2D eigenvalue weighted by Gasteiger charge is -2.13. The van der Waals surface area contributed by atoms with Crippen LogP contribution < -0.4 is 10.1 Å². The maximum absolute atomic E-state index is 5.21. The van der Waals surface area contributed by atoms with E-state index < -0.39 is 0 Å². The SMILES string of the molecule is COc1ccc(Nc2ccc(C)cc2C)c(C)c1. The largest absolute Gasteiger partial charge is 0.497 e. The van der Waals surface area contributed by atoms with Crippen molar-refractivity contribution in [3.8, 4) is 5.75 Å². The van der Waals surface area contributed by atoms with Gasteiger partial charge in [-0.15, -0.1) is 0 Å². The first-order valence-corrected chi connectivity index (χ1v) is 6.09. The first-order chi connectivity index (χ1) is 8.60. The lowest BCUT2D eigenvalue weighted by Crippen LogP contribution is -1.96. The molecule has 0 saturated heterocycles. The van der Waals surface area contributed by atoms with E-state index in [-0.39, 0.29) is 0 Å². The molecule has 0 fully saturated rings. The Kier molecular flexibility index (Phi) is 3.56. The number of nitrogens with one attached hydrogen (secondary N) is 1. The van der Waals surface area contributed by atoms with Gasteiger partial charge in [0.25, 0.3) is 0 Å². The minimum Gasteiger partial charge on any atom is -0.497 e. The zero-order chi connectivity index (χ0) is 13.1. The van der Waals surface area contributed by atoms with Crippen molar-refractivity contribution < 1.29 is 4.74 Å². The highest BCUT2D eigenvalue weighted by molar-refractivity contribution is 5.66. The molecule has 0 atom stereocenters. The topological polar surface area (TPSA) is 21.3 Å². The van der Waals surface area contributed by atoms with Gasteiger partial charge in [0.15, 0.2) is 0 Å². The van der Waals surface area contributed by atoms with Crippen LogP contribution in [0.1, 0.15) is 16.7 Å². The minimum atomic E-state index is 0.888. The maximum atomic E-state index is 5.21. The molecule has 0 heterocycles. The molecule has 0 radical (unpaired) electrons. The Bertz CT molecular complexity index is 561. The van der Waals surface area contributed by atoms with E-state index in [0.29, 0.717) is 0 Å². The number of hydrogen-bond acceptors (Lipinski definition) is 2. The molecular formula is C16H19NO. The van der Waals surface area contributed by atoms with Gasteiger partial charge in [-0.3, -0.25) is 0 Å². The fourth-order valence-electron chi connectivity index (χ4n) is 2.00. The molecule has 18 heavy (non-hydrogen) atoms. The summed E-state index contributed by atoms with van der Waals surface area (Å²) in [4.78, 5) is 0. The predicted molar refractivity (Wildman–Crippen MR) is 76.9 cm³/mol. The fourth-order valence-corrected chi connectivity index (χ4v) is 2.00. The molecule has 2 nitrogen and oxygen atoms in total. The highest BCUT2D eigenvalue weighted by Crippen LogP contribution is 2.26. The van der Waals surface area contributed by atoms with Crippen LogP contribution in [0.5, 0.6) is 5.75 Å². The van der Waals surface area contributed by atoms with Crippen LogP contribution in [-0.4, -0.2) is 7.11 Å². The molecule has 0 amide bonds. The molecule has 0 bridgehead atoms. The van der Waals surface area contributed by atoms with E-state index in [0.717, 1.165) is 17.1 Å². The fraction of sp³-hybridized carbons (Fsp3) is 0.250. The van der Waals surface area contributed by atoms with Gasteiger partial charge in [0.2, 0.25) is 0 Å². The molecule has 2 rings (SSSR count). The summed E-state index contributed by atoms with van der Waals surface area (Å²) >= 11 is 0. The van der Waals surface area contributed by atoms with Crippen molar-refractivity contribution in [1.29, 1.82) is 0 Å². The van der Waals surface area contributed by atoms with Crippen LogP contribution in [0.3, 0.4) is 0 Å². The Morgan fingerprint density at radius 1 is 0.833 bits per heavy atom. The van der Waals surface area contributed by atoms with Gasteiger partial charge in [-0.2, -0.15) is 0 Å². The molecule has 0 aliphatic heterocycles. The summed E-state index contributed by atoms with van der Waals surface area (Å²) in [6.07, 6.45) is 0. The molecule has 0 spiro atoms. The lowest BCUT2D eigenvalue weighted by atomic mass is 10.1. The van der Waals surface area contributed by atoms with E-state index in [9.17, 15) is 0 Å². The van der Waals surface area contributed by atoms with E-state index >= 15 is 0 Å². The Hall–Kier alpha value is -1.96. The molecule has 2 aromatic rings. The molecule has 0 aliphatic carbocycles. The minimum absolute atomic E-state index is 0.888. The zero-order valence-electron chi connectivity index (χ0n) is 11.4. The van der Waals surface area contributed by atoms with E-state index in [2.05, 4.69) is 44.3 Å². The van der Waals surface area contributed by atoms with Crippen LogP contribution in [0.25, 0.3) is 0 Å². The normalized spacial score (nSPS) is 10.2. The molecule has 0 saturated carbocycles. The molecule has 2 heteroatoms. The third-order valence-electron chi connectivity index (χ3n) is 3.08. The second-order valence-corrected chi connectivity index (χ2v) is 4.62. The van der Waals surface area contributed by atoms with E-state index in [1.54, 1.807) is 7.11 Å². The van der Waals surface area contributed by atoms with E-state index in [4.69, 9.17) is 4.74 Å². The van der Waals surface area contributed by atoms with Gasteiger partial charge in [-0.1, -0.05) is 17.7 Å². The van der Waals surface area contributed by atoms with Crippen LogP contribution >= 0.6 is 0 Å². The van der Waals surface area contributed by atoms with Gasteiger partial charge in [-0.25, -0.2) is 0 Å². The highest BCUT2D eigenvalue weighted by Gasteiger charge is 2.03. The van der Waals surface area contributed by atoms with Gasteiger partial charge < -0.3 is 10.1 Å². The maximum Gasteiger partial charge on any atom is 0.119 e. The Morgan fingerprint density at radius 2 is 1.44 bits per heavy atom. The second-order valence-electron chi connectivity index (χ2n) is 4.62. The van der Waals surface area contributed by atoms with Crippen molar-refractivity contribution in [2.45, 2.75) is 20.8 Å². The van der Waals surface area contributed by atoms with Crippen LogP contribution in [0.15, 0.2) is 36.4 Å². The number of methoxy groups -OCH3 is 1. The summed E-state index contributed by atoms with van der Waals surface area (Å²) < 4.78 is 5.21. The standard InChI is InChI=1S/C16H19NO/c1-11-5-7-15(12(2)9-11)17-16-8-6-14(18-4)10-13(16)3/h5-10,17H,1-4H3. The quantitative estimate of drug-likeness (QED) is 0.861. The average molecular weight is 241 g/mol. The molecule has 0 unspecified atom stereocenters. The van der Waals surface area contributed by atoms with Crippen LogP contribution in [0.4, 0.5) is 11.4 Å². The van der Waals surface area contributed by atoms with Crippen molar-refractivity contribution in [3.05, 3.63) is 53.1 Å². The number of rotatable bonds is 3. The third kappa shape index (κ3) is 2.65. The smallest absolute Gasteiger partial charge is 0.119 e. The summed E-state index contributed by atoms with van der Waals surface area (Å²) in [5.41, 5.74) is 5.97. The first-order valence-electron chi connectivity index (χ1n) is 6.09. The van der Waals surface area contributed by atoms with Crippen molar-refractivity contribution in [2.24, 2.45) is 0 Å². The number of ether oxygens (including phenoxy) is 1. The number of anilines is 2. The molecule has 0 aromatic heterocycles. The molecule has 1 N–H and O–H groups in total. The summed E-state index contributed by atoms with van der Waals surface area (Å²) in [7, 11) is 1.69. The third-order valence-corrected chi connectivity index (χ3v) is 3.08. The number of aryl methyl sites for hydroxylation is 3. The summed E-state index contributed by atoms with van der Waals surface area (Å²) in [6, 6.07) is 12.5. The van der Waals surface area contributed by atoms with Crippen molar-refractivity contribution in [1.82, 2.24) is 0 Å². The monoisotopic (exact) mass is 241 g/mol. The summed E-state index contributed by atoms with van der Waals surface area (Å²) in [5, 5.41) is 3.46.